The van der Waals surface area contributed by atoms with Gasteiger partial charge in [-0.05, 0) is 43.5 Å². The zero-order valence-corrected chi connectivity index (χ0v) is 14.2. The van der Waals surface area contributed by atoms with E-state index in [4.69, 9.17) is 0 Å². The van der Waals surface area contributed by atoms with Gasteiger partial charge in [-0.3, -0.25) is 9.20 Å². The molecule has 1 aliphatic rings. The van der Waals surface area contributed by atoms with Crippen LogP contribution in [0.2, 0.25) is 0 Å². The maximum Gasteiger partial charge on any atom is 0.237 e. The van der Waals surface area contributed by atoms with E-state index in [-0.39, 0.29) is 11.9 Å². The Labute approximate surface area is 144 Å². The number of hydrogen-bond donors (Lipinski definition) is 0. The minimum absolute atomic E-state index is 0.118. The molecule has 0 spiro atoms. The Balaban J connectivity index is 1.54. The van der Waals surface area contributed by atoms with Crippen LogP contribution in [0.15, 0.2) is 53.8 Å². The first-order chi connectivity index (χ1) is 11.7. The van der Waals surface area contributed by atoms with E-state index in [1.165, 1.54) is 17.3 Å². The molecule has 0 fully saturated rings. The molecule has 4 rings (SSSR count). The van der Waals surface area contributed by atoms with Crippen LogP contribution in [0.25, 0.3) is 5.65 Å². The van der Waals surface area contributed by atoms with Crippen molar-refractivity contribution < 1.29 is 4.79 Å². The van der Waals surface area contributed by atoms with Gasteiger partial charge in [0.1, 0.15) is 0 Å². The molecule has 0 saturated heterocycles. The molecule has 1 atom stereocenters. The van der Waals surface area contributed by atoms with Gasteiger partial charge in [0, 0.05) is 17.9 Å². The molecule has 6 heteroatoms. The maximum atomic E-state index is 12.9. The highest BCUT2D eigenvalue weighted by atomic mass is 32.2. The van der Waals surface area contributed by atoms with Gasteiger partial charge in [-0.15, -0.1) is 10.2 Å². The zero-order valence-electron chi connectivity index (χ0n) is 13.4. The van der Waals surface area contributed by atoms with Crippen LogP contribution in [0.1, 0.15) is 18.9 Å². The third kappa shape index (κ3) is 2.67. The van der Waals surface area contributed by atoms with Gasteiger partial charge >= 0.3 is 0 Å². The number of fused-ring (bicyclic) bond motifs is 2. The van der Waals surface area contributed by atoms with Gasteiger partial charge in [-0.2, -0.15) is 0 Å². The molecule has 0 radical (unpaired) electrons. The lowest BCUT2D eigenvalue weighted by molar-refractivity contribution is -0.116. The van der Waals surface area contributed by atoms with Crippen molar-refractivity contribution in [1.29, 1.82) is 0 Å². The van der Waals surface area contributed by atoms with E-state index >= 15 is 0 Å². The number of carbonyl (C=O) groups excluding carboxylic acids is 1. The van der Waals surface area contributed by atoms with Gasteiger partial charge < -0.3 is 4.90 Å². The second kappa shape index (κ2) is 6.28. The Morgan fingerprint density at radius 1 is 1.21 bits per heavy atom. The Hall–Kier alpha value is -2.34. The summed E-state index contributed by atoms with van der Waals surface area (Å²) in [6, 6.07) is 14.2. The molecule has 1 amide bonds. The van der Waals surface area contributed by atoms with Gasteiger partial charge in [0.2, 0.25) is 5.91 Å². The Morgan fingerprint density at radius 3 is 2.96 bits per heavy atom. The minimum atomic E-state index is 0.118. The summed E-state index contributed by atoms with van der Waals surface area (Å²) in [7, 11) is 0. The predicted molar refractivity (Wildman–Crippen MR) is 95.4 cm³/mol. The lowest BCUT2D eigenvalue weighted by Gasteiger charge is -2.35. The molecule has 1 aliphatic heterocycles. The fourth-order valence-electron chi connectivity index (χ4n) is 3.18. The topological polar surface area (TPSA) is 50.5 Å². The summed E-state index contributed by atoms with van der Waals surface area (Å²) in [5, 5.41) is 9.06. The molecule has 0 aliphatic carbocycles. The van der Waals surface area contributed by atoms with Crippen molar-refractivity contribution in [3.05, 3.63) is 54.2 Å². The highest BCUT2D eigenvalue weighted by molar-refractivity contribution is 7.99. The average Bonchev–Trinajstić information content (AvgIpc) is 3.03. The largest absolute Gasteiger partial charge is 0.309 e. The second-order valence-electron chi connectivity index (χ2n) is 5.98. The number of aryl methyl sites for hydroxylation is 1. The summed E-state index contributed by atoms with van der Waals surface area (Å²) in [5.74, 6) is 0.473. The van der Waals surface area contributed by atoms with Gasteiger partial charge in [0.05, 0.1) is 5.75 Å². The lowest BCUT2D eigenvalue weighted by Crippen LogP contribution is -2.43. The van der Waals surface area contributed by atoms with E-state index in [0.717, 1.165) is 29.3 Å². The fourth-order valence-corrected chi connectivity index (χ4v) is 3.97. The predicted octanol–water partition coefficient (Wildman–Crippen LogP) is 3.19. The third-order valence-corrected chi connectivity index (χ3v) is 5.33. The number of para-hydroxylation sites is 1. The summed E-state index contributed by atoms with van der Waals surface area (Å²) >= 11 is 1.43. The van der Waals surface area contributed by atoms with Crippen molar-refractivity contribution in [1.82, 2.24) is 14.6 Å². The normalized spacial score (nSPS) is 17.0. The number of nitrogens with zero attached hydrogens (tertiary/aromatic N) is 4. The van der Waals surface area contributed by atoms with E-state index in [9.17, 15) is 4.79 Å². The highest BCUT2D eigenvalue weighted by Crippen LogP contribution is 2.31. The molecule has 2 aromatic heterocycles. The molecule has 1 aromatic carbocycles. The van der Waals surface area contributed by atoms with Crippen LogP contribution >= 0.6 is 11.8 Å². The zero-order chi connectivity index (χ0) is 16.5. The number of benzene rings is 1. The van der Waals surface area contributed by atoms with Crippen molar-refractivity contribution >= 4 is 29.0 Å². The highest BCUT2D eigenvalue weighted by Gasteiger charge is 2.28. The molecule has 0 bridgehead atoms. The molecule has 3 aromatic rings. The van der Waals surface area contributed by atoms with Gasteiger partial charge in [-0.1, -0.05) is 36.0 Å². The van der Waals surface area contributed by atoms with Crippen LogP contribution in [0.3, 0.4) is 0 Å². The van der Waals surface area contributed by atoms with Crippen LogP contribution < -0.4 is 4.90 Å². The number of carbonyl (C=O) groups is 1. The smallest absolute Gasteiger partial charge is 0.237 e. The number of aromatic nitrogens is 3. The van der Waals surface area contributed by atoms with E-state index in [0.29, 0.717) is 5.75 Å². The standard InChI is InChI=1S/C18H18N4OS/c1-13-9-10-14-6-2-3-7-15(14)22(13)17(23)12-24-18-20-19-16-8-4-5-11-21(16)18/h2-8,11,13H,9-10,12H2,1H3. The molecule has 1 unspecified atom stereocenters. The van der Waals surface area contributed by atoms with Crippen molar-refractivity contribution in [2.24, 2.45) is 0 Å². The summed E-state index contributed by atoms with van der Waals surface area (Å²) in [5.41, 5.74) is 3.10. The Morgan fingerprint density at radius 2 is 2.04 bits per heavy atom. The lowest BCUT2D eigenvalue weighted by atomic mass is 9.97. The SMILES string of the molecule is CC1CCc2ccccc2N1C(=O)CSc1nnc2ccccn12. The van der Waals surface area contributed by atoms with Crippen LogP contribution in [-0.4, -0.2) is 32.3 Å². The van der Waals surface area contributed by atoms with Crippen molar-refractivity contribution in [3.8, 4) is 0 Å². The monoisotopic (exact) mass is 338 g/mol. The van der Waals surface area contributed by atoms with E-state index in [2.05, 4.69) is 23.2 Å². The van der Waals surface area contributed by atoms with E-state index < -0.39 is 0 Å². The first-order valence-corrected chi connectivity index (χ1v) is 9.05. The van der Waals surface area contributed by atoms with Crippen molar-refractivity contribution in [3.63, 3.8) is 0 Å². The van der Waals surface area contributed by atoms with Crippen LogP contribution in [-0.2, 0) is 11.2 Å². The summed E-state index contributed by atoms with van der Waals surface area (Å²) in [6.45, 7) is 2.12. The number of hydrogen-bond acceptors (Lipinski definition) is 4. The van der Waals surface area contributed by atoms with Crippen molar-refractivity contribution in [2.45, 2.75) is 31.0 Å². The second-order valence-corrected chi connectivity index (χ2v) is 6.92. The summed E-state index contributed by atoms with van der Waals surface area (Å²) in [6.07, 6.45) is 3.95. The number of anilines is 1. The van der Waals surface area contributed by atoms with Crippen molar-refractivity contribution in [2.75, 3.05) is 10.7 Å². The van der Waals surface area contributed by atoms with Crippen LogP contribution in [0.5, 0.6) is 0 Å². The average molecular weight is 338 g/mol. The fraction of sp³-hybridized carbons (Fsp3) is 0.278. The van der Waals surface area contributed by atoms with E-state index in [1.54, 1.807) is 0 Å². The van der Waals surface area contributed by atoms with Gasteiger partial charge in [0.15, 0.2) is 10.8 Å². The number of thioether (sulfide) groups is 1. The summed E-state index contributed by atoms with van der Waals surface area (Å²) < 4.78 is 1.91. The third-order valence-electron chi connectivity index (χ3n) is 4.40. The molecule has 24 heavy (non-hydrogen) atoms. The summed E-state index contributed by atoms with van der Waals surface area (Å²) in [4.78, 5) is 14.8. The van der Waals surface area contributed by atoms with Gasteiger partial charge in [-0.25, -0.2) is 0 Å². The molecular weight excluding hydrogens is 320 g/mol. The molecular formula is C18H18N4OS. The number of pyridine rings is 1. The Kier molecular flexibility index (Phi) is 3.98. The van der Waals surface area contributed by atoms with Crippen LogP contribution in [0.4, 0.5) is 5.69 Å². The number of amides is 1. The first-order valence-electron chi connectivity index (χ1n) is 8.06. The molecule has 0 N–H and O–H groups in total. The molecule has 122 valence electrons. The molecule has 0 saturated carbocycles. The number of rotatable bonds is 3. The minimum Gasteiger partial charge on any atom is -0.309 e. The molecule has 5 nitrogen and oxygen atoms in total. The maximum absolute atomic E-state index is 12.9. The first kappa shape index (κ1) is 15.2. The Bertz CT molecular complexity index is 891. The molecule has 3 heterocycles. The quantitative estimate of drug-likeness (QED) is 0.688. The van der Waals surface area contributed by atoms with Crippen LogP contribution in [0, 0.1) is 0 Å². The van der Waals surface area contributed by atoms with E-state index in [1.807, 2.05) is 51.9 Å². The van der Waals surface area contributed by atoms with Gasteiger partial charge in [0.25, 0.3) is 0 Å².